The summed E-state index contributed by atoms with van der Waals surface area (Å²) >= 11 is 0. The van der Waals surface area contributed by atoms with Gasteiger partial charge in [0, 0.05) is 17.4 Å². The van der Waals surface area contributed by atoms with Gasteiger partial charge in [-0.3, -0.25) is 4.99 Å². The highest BCUT2D eigenvalue weighted by Crippen LogP contribution is 2.54. The summed E-state index contributed by atoms with van der Waals surface area (Å²) in [5.74, 6) is 0.803. The summed E-state index contributed by atoms with van der Waals surface area (Å²) in [6, 6.07) is 41.4. The van der Waals surface area contributed by atoms with Crippen molar-refractivity contribution >= 4 is 17.1 Å². The minimum atomic E-state index is -0.126. The second kappa shape index (κ2) is 8.84. The van der Waals surface area contributed by atoms with E-state index in [2.05, 4.69) is 130 Å². The van der Waals surface area contributed by atoms with E-state index < -0.39 is 0 Å². The normalized spacial score (nSPS) is 17.7. The van der Waals surface area contributed by atoms with Crippen molar-refractivity contribution in [1.29, 1.82) is 0 Å². The number of benzene rings is 5. The molecule has 3 aliphatic rings. The Morgan fingerprint density at radius 1 is 0.610 bits per heavy atom. The molecule has 5 aromatic carbocycles. The third kappa shape index (κ3) is 3.64. The van der Waals surface area contributed by atoms with Crippen LogP contribution in [0.2, 0.25) is 0 Å². The molecule has 1 heterocycles. The van der Waals surface area contributed by atoms with Gasteiger partial charge in [0.1, 0.15) is 0 Å². The lowest BCUT2D eigenvalue weighted by Gasteiger charge is -2.24. The van der Waals surface area contributed by atoms with Gasteiger partial charge in [0.25, 0.3) is 0 Å². The van der Waals surface area contributed by atoms with E-state index in [9.17, 15) is 0 Å². The van der Waals surface area contributed by atoms with Crippen molar-refractivity contribution in [3.8, 4) is 22.3 Å². The van der Waals surface area contributed by atoms with E-state index in [1.165, 1.54) is 55.6 Å². The fourth-order valence-electron chi connectivity index (χ4n) is 6.91. The molecule has 5 aromatic rings. The van der Waals surface area contributed by atoms with Gasteiger partial charge in [-0.05, 0) is 79.4 Å². The van der Waals surface area contributed by atoms with E-state index in [-0.39, 0.29) is 11.5 Å². The summed E-state index contributed by atoms with van der Waals surface area (Å²) in [5.41, 5.74) is 16.0. The molecule has 0 saturated heterocycles. The molecule has 0 spiro atoms. The number of nitrogens with zero attached hydrogens (tertiary/aromatic N) is 2. The third-order valence-electron chi connectivity index (χ3n) is 9.14. The molecule has 0 fully saturated rings. The SMILES string of the molecule is C=C1c2ccccc2-c2cc3c(cc21)-c1ccc(C2=NC(c4ccccc4)=NC(c4ccccc4)C2)cc1C3(C)C. The summed E-state index contributed by atoms with van der Waals surface area (Å²) in [6.07, 6.45) is 0.775. The van der Waals surface area contributed by atoms with Gasteiger partial charge in [0.2, 0.25) is 0 Å². The average molecular weight is 527 g/mol. The number of hydrogen-bond acceptors (Lipinski definition) is 2. The Bertz CT molecular complexity index is 1940. The van der Waals surface area contributed by atoms with Crippen LogP contribution in [0.15, 0.2) is 132 Å². The van der Waals surface area contributed by atoms with Gasteiger partial charge in [-0.15, -0.1) is 0 Å². The Morgan fingerprint density at radius 2 is 1.29 bits per heavy atom. The molecule has 2 nitrogen and oxygen atoms in total. The maximum Gasteiger partial charge on any atom is 0.155 e. The molecule has 0 N–H and O–H groups in total. The largest absolute Gasteiger partial charge is 0.258 e. The summed E-state index contributed by atoms with van der Waals surface area (Å²) in [6.45, 7) is 9.18. The average Bonchev–Trinajstić information content (AvgIpc) is 3.43. The first-order valence-corrected chi connectivity index (χ1v) is 14.4. The topological polar surface area (TPSA) is 24.7 Å². The number of hydrogen-bond donors (Lipinski definition) is 0. The van der Waals surface area contributed by atoms with Crippen LogP contribution in [-0.2, 0) is 5.41 Å². The van der Waals surface area contributed by atoms with Crippen LogP contribution in [-0.4, -0.2) is 11.5 Å². The predicted octanol–water partition coefficient (Wildman–Crippen LogP) is 9.42. The maximum absolute atomic E-state index is 5.16. The van der Waals surface area contributed by atoms with E-state index in [0.29, 0.717) is 0 Å². The lowest BCUT2D eigenvalue weighted by molar-refractivity contribution is 0.660. The highest BCUT2D eigenvalue weighted by molar-refractivity contribution is 6.14. The third-order valence-corrected chi connectivity index (χ3v) is 9.14. The number of fused-ring (bicyclic) bond motifs is 6. The van der Waals surface area contributed by atoms with Gasteiger partial charge in [-0.2, -0.15) is 0 Å². The van der Waals surface area contributed by atoms with Crippen LogP contribution < -0.4 is 0 Å². The fraction of sp³-hybridized carbons (Fsp3) is 0.128. The van der Waals surface area contributed by atoms with Crippen molar-refractivity contribution in [3.05, 3.63) is 161 Å². The van der Waals surface area contributed by atoms with E-state index in [1.54, 1.807) is 0 Å². The van der Waals surface area contributed by atoms with Crippen molar-refractivity contribution in [2.75, 3.05) is 0 Å². The Balaban J connectivity index is 1.23. The minimum Gasteiger partial charge on any atom is -0.258 e. The highest BCUT2D eigenvalue weighted by Gasteiger charge is 2.38. The van der Waals surface area contributed by atoms with Crippen LogP contribution in [0, 0.1) is 0 Å². The van der Waals surface area contributed by atoms with Crippen molar-refractivity contribution in [2.45, 2.75) is 31.7 Å². The molecule has 0 aromatic heterocycles. The fourth-order valence-corrected chi connectivity index (χ4v) is 6.91. The van der Waals surface area contributed by atoms with Crippen LogP contribution in [0.1, 0.15) is 65.3 Å². The monoisotopic (exact) mass is 526 g/mol. The summed E-state index contributed by atoms with van der Waals surface area (Å²) in [4.78, 5) is 10.3. The summed E-state index contributed by atoms with van der Waals surface area (Å²) in [5, 5.41) is 0. The van der Waals surface area contributed by atoms with Crippen LogP contribution in [0.3, 0.4) is 0 Å². The van der Waals surface area contributed by atoms with Crippen LogP contribution >= 0.6 is 0 Å². The standard InChI is InChI=1S/C39H30N2/c1-24-28-16-10-11-17-29(28)32-22-35-33(21-31(24)32)30-19-18-27(20-34(30)39(35,2)3)37-23-36(25-12-6-4-7-13-25)40-38(41-37)26-14-8-5-9-15-26/h4-22,36H,1,23H2,2-3H3. The molecule has 1 atom stereocenters. The van der Waals surface area contributed by atoms with Crippen molar-refractivity contribution in [1.82, 2.24) is 0 Å². The van der Waals surface area contributed by atoms with Crippen molar-refractivity contribution < 1.29 is 0 Å². The van der Waals surface area contributed by atoms with Crippen LogP contribution in [0.5, 0.6) is 0 Å². The first-order chi connectivity index (χ1) is 20.0. The van der Waals surface area contributed by atoms with Gasteiger partial charge >= 0.3 is 0 Å². The van der Waals surface area contributed by atoms with Gasteiger partial charge in [-0.1, -0.05) is 117 Å². The Hall–Kier alpha value is -4.82. The van der Waals surface area contributed by atoms with E-state index in [1.807, 2.05) is 6.07 Å². The molecule has 0 saturated carbocycles. The number of aliphatic imine (C=N–C) groups is 2. The second-order valence-electron chi connectivity index (χ2n) is 11.9. The predicted molar refractivity (Wildman–Crippen MR) is 171 cm³/mol. The van der Waals surface area contributed by atoms with Crippen molar-refractivity contribution in [2.24, 2.45) is 9.98 Å². The van der Waals surface area contributed by atoms with Crippen LogP contribution in [0.25, 0.3) is 27.8 Å². The molecule has 0 amide bonds. The van der Waals surface area contributed by atoms with E-state index in [4.69, 9.17) is 9.98 Å². The molecule has 8 rings (SSSR count). The molecule has 0 radical (unpaired) electrons. The summed E-state index contributed by atoms with van der Waals surface area (Å²) < 4.78 is 0. The zero-order valence-electron chi connectivity index (χ0n) is 23.4. The highest BCUT2D eigenvalue weighted by atomic mass is 15.0. The zero-order chi connectivity index (χ0) is 27.7. The minimum absolute atomic E-state index is 0.0337. The molecular weight excluding hydrogens is 496 g/mol. The molecule has 2 heteroatoms. The van der Waals surface area contributed by atoms with Gasteiger partial charge in [-0.25, -0.2) is 4.99 Å². The molecule has 196 valence electrons. The Kier molecular flexibility index (Phi) is 5.18. The lowest BCUT2D eigenvalue weighted by atomic mass is 9.80. The molecule has 2 aliphatic carbocycles. The number of amidine groups is 1. The molecule has 1 aliphatic heterocycles. The van der Waals surface area contributed by atoms with Gasteiger partial charge in [0.15, 0.2) is 5.84 Å². The molecule has 0 bridgehead atoms. The first kappa shape index (κ1) is 24.0. The van der Waals surface area contributed by atoms with Crippen LogP contribution in [0.4, 0.5) is 0 Å². The molecule has 41 heavy (non-hydrogen) atoms. The Morgan fingerprint density at radius 3 is 2.07 bits per heavy atom. The smallest absolute Gasteiger partial charge is 0.155 e. The maximum atomic E-state index is 5.16. The van der Waals surface area contributed by atoms with Gasteiger partial charge in [0.05, 0.1) is 11.8 Å². The quantitative estimate of drug-likeness (QED) is 0.219. The van der Waals surface area contributed by atoms with E-state index >= 15 is 0 Å². The van der Waals surface area contributed by atoms with Gasteiger partial charge < -0.3 is 0 Å². The molecular formula is C39H30N2. The van der Waals surface area contributed by atoms with Crippen molar-refractivity contribution in [3.63, 3.8) is 0 Å². The first-order valence-electron chi connectivity index (χ1n) is 14.4. The second-order valence-corrected chi connectivity index (χ2v) is 11.9. The Labute approximate surface area is 241 Å². The summed E-state index contributed by atoms with van der Waals surface area (Å²) in [7, 11) is 0. The zero-order valence-corrected chi connectivity index (χ0v) is 23.4. The van der Waals surface area contributed by atoms with E-state index in [0.717, 1.165) is 29.1 Å². The molecule has 1 unspecified atom stereocenters. The lowest BCUT2D eigenvalue weighted by Crippen LogP contribution is -2.19. The number of rotatable bonds is 3.